The van der Waals surface area contributed by atoms with Crippen molar-refractivity contribution in [1.29, 1.82) is 0 Å². The number of phosphoric acid groups is 1. The Morgan fingerprint density at radius 1 is 0.356 bits per heavy atom. The number of phosphoric ester groups is 1. The molecule has 0 heterocycles. The molecule has 0 spiro atoms. The molecule has 2 unspecified atom stereocenters. The maximum atomic E-state index is 12.9. The van der Waals surface area contributed by atoms with Crippen LogP contribution >= 0.6 is 7.82 Å². The molecule has 0 aliphatic rings. The fourth-order valence-corrected chi connectivity index (χ4v) is 9.99. The molecular formula is C80H132NO8P. The number of carbonyl (C=O) groups excluding carboxylic acids is 2. The summed E-state index contributed by atoms with van der Waals surface area (Å²) in [5.74, 6) is -0.891. The molecule has 9 nitrogen and oxygen atoms in total. The SMILES string of the molecule is CC/C=C\C/C=C\C/C=C\C/C=C\C/C=C\C/C=C\C/C=C\C/C=C\C/C=C\C/C=C\C/C=C\C/C=C\CCCCC(=O)OC(COC(=O)CCCCCCCCCCCCCCCCC/C=C\C/C=C\CCCCCCC)COP(=O)([O-])OCC[N+](C)(C)C. The molecule has 0 aromatic heterocycles. The maximum Gasteiger partial charge on any atom is 0.306 e. The highest BCUT2D eigenvalue weighted by Crippen LogP contribution is 2.38. The Kier molecular flexibility index (Phi) is 65.2. The van der Waals surface area contributed by atoms with E-state index in [9.17, 15) is 19.0 Å². The molecule has 0 saturated carbocycles. The van der Waals surface area contributed by atoms with Crippen molar-refractivity contribution in [2.24, 2.45) is 0 Å². The van der Waals surface area contributed by atoms with Gasteiger partial charge < -0.3 is 27.9 Å². The van der Waals surface area contributed by atoms with Crippen LogP contribution in [0.3, 0.4) is 0 Å². The Hall–Kier alpha value is -4.63. The van der Waals surface area contributed by atoms with Gasteiger partial charge in [-0.05, 0) is 135 Å². The van der Waals surface area contributed by atoms with Gasteiger partial charge in [-0.1, -0.05) is 293 Å². The van der Waals surface area contributed by atoms with Gasteiger partial charge in [-0.2, -0.15) is 0 Å². The fraction of sp³-hybridized carbons (Fsp3) is 0.625. The Balaban J connectivity index is 4.20. The molecule has 0 aromatic rings. The summed E-state index contributed by atoms with van der Waals surface area (Å²) in [6.45, 7) is 4.06. The molecule has 0 amide bonds. The molecule has 0 saturated heterocycles. The summed E-state index contributed by atoms with van der Waals surface area (Å²) < 4.78 is 34.2. The van der Waals surface area contributed by atoms with Crippen LogP contribution in [0.2, 0.25) is 0 Å². The molecule has 0 fully saturated rings. The quantitative estimate of drug-likeness (QED) is 0.0195. The summed E-state index contributed by atoms with van der Waals surface area (Å²) in [5, 5.41) is 0. The molecule has 0 rings (SSSR count). The van der Waals surface area contributed by atoms with E-state index < -0.39 is 32.5 Å². The number of unbranched alkanes of at least 4 members (excludes halogenated alkanes) is 22. The first kappa shape index (κ1) is 85.4. The third-order valence-electron chi connectivity index (χ3n) is 14.7. The second kappa shape index (κ2) is 68.7. The lowest BCUT2D eigenvalue weighted by Gasteiger charge is -2.28. The Bertz CT molecular complexity index is 2130. The van der Waals surface area contributed by atoms with E-state index in [1.54, 1.807) is 0 Å². The molecule has 0 bridgehead atoms. The van der Waals surface area contributed by atoms with E-state index in [-0.39, 0.29) is 26.1 Å². The largest absolute Gasteiger partial charge is 0.756 e. The molecule has 0 aromatic carbocycles. The molecule has 0 aliphatic carbocycles. The van der Waals surface area contributed by atoms with Gasteiger partial charge in [-0.15, -0.1) is 0 Å². The summed E-state index contributed by atoms with van der Waals surface area (Å²) in [4.78, 5) is 38.1. The minimum Gasteiger partial charge on any atom is -0.756 e. The smallest absolute Gasteiger partial charge is 0.306 e. The number of likely N-dealkylation sites (N-methyl/N-ethyl adjacent to an activating group) is 1. The van der Waals surface area contributed by atoms with Gasteiger partial charge in [0.05, 0.1) is 27.7 Å². The van der Waals surface area contributed by atoms with Gasteiger partial charge >= 0.3 is 11.9 Å². The fourth-order valence-electron chi connectivity index (χ4n) is 9.26. The predicted octanol–water partition coefficient (Wildman–Crippen LogP) is 23.1. The standard InChI is InChI=1S/C80H132NO8P/c1-6-8-10-12-14-16-18-20-22-24-26-28-30-32-34-35-36-37-38-39-40-41-42-43-44-45-47-49-51-53-55-57-59-61-63-65-67-69-71-73-80(83)89-78(77-88-90(84,85)87-75-74-81(3,4)5)76-86-79(82)72-70-68-66-64-62-60-58-56-54-52-50-48-46-33-31-29-27-25-23-21-19-17-15-13-11-9-7-2/h8,10,14,16,19-22,25-28,32,34,36-37,39-40,42-43,45,47,51,53,57,59,63,65,78H,6-7,9,11-13,15,17-18,23-24,29-31,33,35,38,41,44,46,48-50,52,54-56,58,60-62,64,66-77H2,1-5H3/b10-8-,16-14-,21-19-,22-20-,27-25-,28-26-,34-32-,37-36-,40-39-,43-42-,47-45-,53-51-,59-57-,65-63-. The molecule has 0 aliphatic heterocycles. The Morgan fingerprint density at radius 2 is 0.633 bits per heavy atom. The van der Waals surface area contributed by atoms with E-state index in [0.29, 0.717) is 17.4 Å². The predicted molar refractivity (Wildman–Crippen MR) is 387 cm³/mol. The Labute approximate surface area is 553 Å². The normalized spacial score (nSPS) is 14.2. The van der Waals surface area contributed by atoms with Gasteiger partial charge in [-0.3, -0.25) is 14.2 Å². The van der Waals surface area contributed by atoms with E-state index in [0.717, 1.165) is 116 Å². The molecule has 0 radical (unpaired) electrons. The lowest BCUT2D eigenvalue weighted by Crippen LogP contribution is -2.37. The molecule has 2 atom stereocenters. The van der Waals surface area contributed by atoms with Gasteiger partial charge in [-0.25, -0.2) is 0 Å². The van der Waals surface area contributed by atoms with E-state index in [1.807, 2.05) is 21.1 Å². The van der Waals surface area contributed by atoms with E-state index in [2.05, 4.69) is 184 Å². The summed E-state index contributed by atoms with van der Waals surface area (Å²) in [6, 6.07) is 0. The van der Waals surface area contributed by atoms with Gasteiger partial charge in [0.15, 0.2) is 6.10 Å². The number of hydrogen-bond acceptors (Lipinski definition) is 8. The number of allylic oxidation sites excluding steroid dienone is 28. The second-order valence-electron chi connectivity index (χ2n) is 24.5. The first-order chi connectivity index (χ1) is 44.0. The van der Waals surface area contributed by atoms with Gasteiger partial charge in [0.25, 0.3) is 7.82 Å². The maximum absolute atomic E-state index is 12.9. The molecule has 510 valence electrons. The van der Waals surface area contributed by atoms with Crippen molar-refractivity contribution in [3.63, 3.8) is 0 Å². The third-order valence-corrected chi connectivity index (χ3v) is 15.7. The van der Waals surface area contributed by atoms with Gasteiger partial charge in [0.2, 0.25) is 0 Å². The zero-order valence-corrected chi connectivity index (χ0v) is 58.9. The number of quaternary nitrogens is 1. The average Bonchev–Trinajstić information content (AvgIpc) is 3.58. The van der Waals surface area contributed by atoms with Crippen LogP contribution in [-0.2, 0) is 32.7 Å². The van der Waals surface area contributed by atoms with E-state index in [1.165, 1.54) is 122 Å². The van der Waals surface area contributed by atoms with Crippen molar-refractivity contribution < 1.29 is 42.1 Å². The van der Waals surface area contributed by atoms with Crippen LogP contribution in [-0.4, -0.2) is 70.0 Å². The van der Waals surface area contributed by atoms with Gasteiger partial charge in [0, 0.05) is 12.8 Å². The van der Waals surface area contributed by atoms with Crippen LogP contribution in [0.15, 0.2) is 170 Å². The zero-order chi connectivity index (χ0) is 65.5. The topological polar surface area (TPSA) is 111 Å². The van der Waals surface area contributed by atoms with Crippen LogP contribution < -0.4 is 4.89 Å². The number of ether oxygens (including phenoxy) is 2. The molecular weight excluding hydrogens is 1130 g/mol. The third kappa shape index (κ3) is 72.4. The summed E-state index contributed by atoms with van der Waals surface area (Å²) >= 11 is 0. The van der Waals surface area contributed by atoms with Crippen molar-refractivity contribution in [2.75, 3.05) is 47.5 Å². The first-order valence-electron chi connectivity index (χ1n) is 35.8. The first-order valence-corrected chi connectivity index (χ1v) is 37.3. The van der Waals surface area contributed by atoms with Gasteiger partial charge in [0.1, 0.15) is 19.8 Å². The van der Waals surface area contributed by atoms with Crippen molar-refractivity contribution in [3.8, 4) is 0 Å². The molecule has 90 heavy (non-hydrogen) atoms. The summed E-state index contributed by atoms with van der Waals surface area (Å²) in [6.07, 6.45) is 104. The van der Waals surface area contributed by atoms with Crippen molar-refractivity contribution >= 4 is 19.8 Å². The number of nitrogens with zero attached hydrogens (tertiary/aromatic N) is 1. The van der Waals surface area contributed by atoms with Crippen LogP contribution in [0, 0.1) is 0 Å². The second-order valence-corrected chi connectivity index (χ2v) is 25.9. The van der Waals surface area contributed by atoms with Crippen LogP contribution in [0.4, 0.5) is 0 Å². The monoisotopic (exact) mass is 1270 g/mol. The lowest BCUT2D eigenvalue weighted by molar-refractivity contribution is -0.870. The van der Waals surface area contributed by atoms with E-state index in [4.69, 9.17) is 18.5 Å². The number of carbonyl (C=O) groups is 2. The highest BCUT2D eigenvalue weighted by atomic mass is 31.2. The highest BCUT2D eigenvalue weighted by Gasteiger charge is 2.22. The van der Waals surface area contributed by atoms with Crippen molar-refractivity contribution in [3.05, 3.63) is 170 Å². The Morgan fingerprint density at radius 3 is 0.967 bits per heavy atom. The van der Waals surface area contributed by atoms with Crippen LogP contribution in [0.25, 0.3) is 0 Å². The number of rotatable bonds is 64. The van der Waals surface area contributed by atoms with Crippen molar-refractivity contribution in [1.82, 2.24) is 0 Å². The minimum atomic E-state index is -4.67. The van der Waals surface area contributed by atoms with Crippen LogP contribution in [0.1, 0.15) is 271 Å². The molecule has 0 N–H and O–H groups in total. The van der Waals surface area contributed by atoms with E-state index >= 15 is 0 Å². The highest BCUT2D eigenvalue weighted by molar-refractivity contribution is 7.45. The average molecular weight is 1270 g/mol. The number of esters is 2. The lowest BCUT2D eigenvalue weighted by atomic mass is 10.0. The zero-order valence-electron chi connectivity index (χ0n) is 58.0. The van der Waals surface area contributed by atoms with Crippen molar-refractivity contribution in [2.45, 2.75) is 277 Å². The summed E-state index contributed by atoms with van der Waals surface area (Å²) in [5.41, 5.74) is 0. The summed E-state index contributed by atoms with van der Waals surface area (Å²) in [7, 11) is 1.12. The minimum absolute atomic E-state index is 0.0478. The number of hydrogen-bond donors (Lipinski definition) is 0. The van der Waals surface area contributed by atoms with Crippen LogP contribution in [0.5, 0.6) is 0 Å². The molecule has 10 heteroatoms.